The number of alkyl halides is 3. The van der Waals surface area contributed by atoms with Gasteiger partial charge in [0.1, 0.15) is 5.54 Å². The monoisotopic (exact) mass is 185 g/mol. The molecule has 3 nitrogen and oxygen atoms in total. The van der Waals surface area contributed by atoms with Crippen LogP contribution in [-0.4, -0.2) is 29.8 Å². The van der Waals surface area contributed by atoms with Gasteiger partial charge in [-0.25, -0.2) is 0 Å². The molecule has 0 fully saturated rings. The molecule has 0 spiro atoms. The van der Waals surface area contributed by atoms with Gasteiger partial charge in [0.2, 0.25) is 0 Å². The molecule has 12 heavy (non-hydrogen) atoms. The molecule has 0 aromatic rings. The Morgan fingerprint density at radius 1 is 1.50 bits per heavy atom. The van der Waals surface area contributed by atoms with Crippen LogP contribution < -0.4 is 5.32 Å². The Labute approximate surface area is 67.6 Å². The lowest BCUT2D eigenvalue weighted by Crippen LogP contribution is -2.54. The van der Waals surface area contributed by atoms with Crippen LogP contribution in [0.1, 0.15) is 13.3 Å². The molecule has 0 bridgehead atoms. The molecule has 0 radical (unpaired) electrons. The summed E-state index contributed by atoms with van der Waals surface area (Å²) in [6, 6.07) is 0. The van der Waals surface area contributed by atoms with Gasteiger partial charge < -0.3 is 10.4 Å². The molecular formula is C6H10F3NO2. The van der Waals surface area contributed by atoms with Crippen molar-refractivity contribution >= 4 is 5.97 Å². The van der Waals surface area contributed by atoms with E-state index in [0.717, 1.165) is 14.0 Å². The van der Waals surface area contributed by atoms with Gasteiger partial charge in [0.25, 0.3) is 0 Å². The Morgan fingerprint density at radius 2 is 1.92 bits per heavy atom. The van der Waals surface area contributed by atoms with Crippen molar-refractivity contribution in [2.45, 2.75) is 25.1 Å². The SMILES string of the molecule is CNC(C)(CC(=O)O)C(F)(F)F. The molecule has 6 heteroatoms. The number of aliphatic carboxylic acids is 1. The minimum absolute atomic E-state index is 0.807. The number of halogens is 3. The van der Waals surface area contributed by atoms with Crippen LogP contribution in [0.5, 0.6) is 0 Å². The molecule has 0 amide bonds. The van der Waals surface area contributed by atoms with Gasteiger partial charge in [0.15, 0.2) is 0 Å². The zero-order valence-corrected chi connectivity index (χ0v) is 6.70. The van der Waals surface area contributed by atoms with E-state index in [-0.39, 0.29) is 0 Å². The lowest BCUT2D eigenvalue weighted by molar-refractivity contribution is -0.196. The van der Waals surface area contributed by atoms with E-state index in [1.165, 1.54) is 0 Å². The molecule has 0 saturated heterocycles. The average molecular weight is 185 g/mol. The number of hydrogen-bond acceptors (Lipinski definition) is 2. The van der Waals surface area contributed by atoms with E-state index >= 15 is 0 Å². The minimum Gasteiger partial charge on any atom is -0.481 e. The number of hydrogen-bond donors (Lipinski definition) is 2. The highest BCUT2D eigenvalue weighted by molar-refractivity contribution is 5.68. The van der Waals surface area contributed by atoms with Crippen LogP contribution in [0.3, 0.4) is 0 Å². The molecule has 0 aromatic heterocycles. The molecule has 0 heterocycles. The highest BCUT2D eigenvalue weighted by Gasteiger charge is 2.51. The van der Waals surface area contributed by atoms with Crippen molar-refractivity contribution in [1.82, 2.24) is 5.32 Å². The number of carbonyl (C=O) groups is 1. The first-order valence-corrected chi connectivity index (χ1v) is 3.20. The number of carboxylic acids is 1. The molecule has 1 atom stereocenters. The maximum Gasteiger partial charge on any atom is 0.406 e. The van der Waals surface area contributed by atoms with Crippen LogP contribution in [0.4, 0.5) is 13.2 Å². The third-order valence-corrected chi connectivity index (χ3v) is 1.68. The maximum atomic E-state index is 12.1. The van der Waals surface area contributed by atoms with Crippen LogP contribution in [-0.2, 0) is 4.79 Å². The number of nitrogens with one attached hydrogen (secondary N) is 1. The van der Waals surface area contributed by atoms with Gasteiger partial charge in [0, 0.05) is 0 Å². The molecule has 0 aromatic carbocycles. The van der Waals surface area contributed by atoms with E-state index in [9.17, 15) is 18.0 Å². The van der Waals surface area contributed by atoms with E-state index in [2.05, 4.69) is 0 Å². The topological polar surface area (TPSA) is 49.3 Å². The normalized spacial score (nSPS) is 17.1. The lowest BCUT2D eigenvalue weighted by Gasteiger charge is -2.29. The zero-order chi connectivity index (χ0) is 9.99. The summed E-state index contributed by atoms with van der Waals surface area (Å²) in [7, 11) is 1.08. The second-order valence-corrected chi connectivity index (χ2v) is 2.65. The van der Waals surface area contributed by atoms with Crippen molar-refractivity contribution in [3.8, 4) is 0 Å². The number of carboxylic acid groups (broad SMARTS) is 1. The molecule has 0 saturated carbocycles. The summed E-state index contributed by atoms with van der Waals surface area (Å²) in [6.45, 7) is 0.807. The van der Waals surface area contributed by atoms with Gasteiger partial charge >= 0.3 is 12.1 Å². The van der Waals surface area contributed by atoms with E-state index in [4.69, 9.17) is 5.11 Å². The van der Waals surface area contributed by atoms with Gasteiger partial charge in [-0.15, -0.1) is 0 Å². The molecular weight excluding hydrogens is 175 g/mol. The maximum absolute atomic E-state index is 12.1. The minimum atomic E-state index is -4.56. The van der Waals surface area contributed by atoms with E-state index in [0.29, 0.717) is 0 Å². The van der Waals surface area contributed by atoms with Crippen LogP contribution in [0.15, 0.2) is 0 Å². The van der Waals surface area contributed by atoms with Crippen molar-refractivity contribution in [2.75, 3.05) is 7.05 Å². The summed E-state index contributed by atoms with van der Waals surface area (Å²) >= 11 is 0. The molecule has 0 aliphatic carbocycles. The molecule has 0 aliphatic heterocycles. The van der Waals surface area contributed by atoms with E-state index < -0.39 is 24.1 Å². The fourth-order valence-corrected chi connectivity index (χ4v) is 0.633. The van der Waals surface area contributed by atoms with Gasteiger partial charge in [-0.2, -0.15) is 13.2 Å². The second-order valence-electron chi connectivity index (χ2n) is 2.65. The summed E-state index contributed by atoms with van der Waals surface area (Å²) < 4.78 is 36.4. The Morgan fingerprint density at radius 3 is 2.00 bits per heavy atom. The van der Waals surface area contributed by atoms with Gasteiger partial charge in [-0.3, -0.25) is 4.79 Å². The zero-order valence-electron chi connectivity index (χ0n) is 6.70. The first kappa shape index (κ1) is 11.2. The summed E-state index contributed by atoms with van der Waals surface area (Å²) in [6.07, 6.45) is -5.53. The highest BCUT2D eigenvalue weighted by atomic mass is 19.4. The summed E-state index contributed by atoms with van der Waals surface area (Å²) in [5.74, 6) is -1.48. The Kier molecular flexibility index (Phi) is 3.09. The van der Waals surface area contributed by atoms with Crippen molar-refractivity contribution in [3.05, 3.63) is 0 Å². The fourth-order valence-electron chi connectivity index (χ4n) is 0.633. The van der Waals surface area contributed by atoms with E-state index in [1.54, 1.807) is 0 Å². The second kappa shape index (κ2) is 3.30. The third kappa shape index (κ3) is 2.37. The van der Waals surface area contributed by atoms with Crippen molar-refractivity contribution in [3.63, 3.8) is 0 Å². The highest BCUT2D eigenvalue weighted by Crippen LogP contribution is 2.32. The van der Waals surface area contributed by atoms with Crippen molar-refractivity contribution in [1.29, 1.82) is 0 Å². The first-order valence-electron chi connectivity index (χ1n) is 3.20. The summed E-state index contributed by atoms with van der Waals surface area (Å²) in [5, 5.41) is 10.1. The lowest BCUT2D eigenvalue weighted by atomic mass is 9.98. The predicted octanol–water partition coefficient (Wildman–Crippen LogP) is 1.00. The smallest absolute Gasteiger partial charge is 0.406 e. The standard InChI is InChI=1S/C6H10F3NO2/c1-5(10-2,3-4(11)12)6(7,8)9/h10H,3H2,1-2H3,(H,11,12). The van der Waals surface area contributed by atoms with Gasteiger partial charge in [-0.05, 0) is 14.0 Å². The quantitative estimate of drug-likeness (QED) is 0.689. The van der Waals surface area contributed by atoms with Crippen LogP contribution in [0.25, 0.3) is 0 Å². The Bertz CT molecular complexity index is 180. The third-order valence-electron chi connectivity index (χ3n) is 1.68. The Hall–Kier alpha value is -0.780. The first-order chi connectivity index (χ1) is 5.23. The summed E-state index contributed by atoms with van der Waals surface area (Å²) in [5.41, 5.74) is -2.35. The molecule has 0 aliphatic rings. The predicted molar refractivity (Wildman–Crippen MR) is 35.8 cm³/mol. The fraction of sp³-hybridized carbons (Fsp3) is 0.833. The summed E-state index contributed by atoms with van der Waals surface area (Å²) in [4.78, 5) is 10.1. The van der Waals surface area contributed by atoms with E-state index in [1.807, 2.05) is 5.32 Å². The van der Waals surface area contributed by atoms with Crippen LogP contribution in [0, 0.1) is 0 Å². The molecule has 1 unspecified atom stereocenters. The van der Waals surface area contributed by atoms with Crippen LogP contribution in [0.2, 0.25) is 0 Å². The van der Waals surface area contributed by atoms with Crippen molar-refractivity contribution in [2.24, 2.45) is 0 Å². The number of rotatable bonds is 3. The van der Waals surface area contributed by atoms with Gasteiger partial charge in [0.05, 0.1) is 6.42 Å². The molecule has 72 valence electrons. The van der Waals surface area contributed by atoms with Gasteiger partial charge in [-0.1, -0.05) is 0 Å². The largest absolute Gasteiger partial charge is 0.481 e. The Balaban J connectivity index is 4.56. The van der Waals surface area contributed by atoms with Crippen molar-refractivity contribution < 1.29 is 23.1 Å². The van der Waals surface area contributed by atoms with Crippen LogP contribution >= 0.6 is 0 Å². The average Bonchev–Trinajstić information content (AvgIpc) is 1.83. The molecule has 0 rings (SSSR count). The molecule has 2 N–H and O–H groups in total.